The fraction of sp³-hybridized carbons (Fsp3) is 0.375. The third-order valence-electron chi connectivity index (χ3n) is 5.49. The van der Waals surface area contributed by atoms with Gasteiger partial charge in [0.15, 0.2) is 5.69 Å². The predicted octanol–water partition coefficient (Wildman–Crippen LogP) is 3.65. The molecule has 156 valence electrons. The molecule has 0 saturated heterocycles. The van der Waals surface area contributed by atoms with E-state index >= 15 is 0 Å². The van der Waals surface area contributed by atoms with E-state index in [0.29, 0.717) is 18.8 Å². The maximum atomic E-state index is 12.6. The van der Waals surface area contributed by atoms with Gasteiger partial charge in [-0.1, -0.05) is 36.4 Å². The highest BCUT2D eigenvalue weighted by Crippen LogP contribution is 2.25. The van der Waals surface area contributed by atoms with Crippen molar-refractivity contribution in [2.45, 2.75) is 45.8 Å². The molecule has 1 aromatic carbocycles. The summed E-state index contributed by atoms with van der Waals surface area (Å²) in [5.74, 6) is -0.321. The number of hydrogen-bond donors (Lipinski definition) is 0. The normalized spacial score (nSPS) is 13.8. The van der Waals surface area contributed by atoms with Gasteiger partial charge in [-0.05, 0) is 37.0 Å². The van der Waals surface area contributed by atoms with Gasteiger partial charge in [0.05, 0.1) is 6.61 Å². The molecule has 1 aliphatic heterocycles. The summed E-state index contributed by atoms with van der Waals surface area (Å²) >= 11 is 0. The number of aryl methyl sites for hydroxylation is 2. The Morgan fingerprint density at radius 1 is 1.13 bits per heavy atom. The number of hydrogen-bond acceptors (Lipinski definition) is 5. The Balaban J connectivity index is 1.50. The Morgan fingerprint density at radius 3 is 2.73 bits per heavy atom. The van der Waals surface area contributed by atoms with Gasteiger partial charge in [-0.3, -0.25) is 14.6 Å². The van der Waals surface area contributed by atoms with Crippen LogP contribution >= 0.6 is 0 Å². The van der Waals surface area contributed by atoms with Crippen molar-refractivity contribution in [3.63, 3.8) is 0 Å². The maximum Gasteiger partial charge on any atom is 0.359 e. The van der Waals surface area contributed by atoms with E-state index in [9.17, 15) is 4.79 Å². The van der Waals surface area contributed by atoms with E-state index in [1.165, 1.54) is 16.8 Å². The molecule has 2 aromatic heterocycles. The molecule has 4 rings (SSSR count). The first-order valence-electron chi connectivity index (χ1n) is 10.7. The second-order valence-electron chi connectivity index (χ2n) is 7.63. The summed E-state index contributed by atoms with van der Waals surface area (Å²) < 4.78 is 7.33. The summed E-state index contributed by atoms with van der Waals surface area (Å²) in [6.45, 7) is 5.45. The third-order valence-corrected chi connectivity index (χ3v) is 5.49. The number of ether oxygens (including phenoxy) is 1. The lowest BCUT2D eigenvalue weighted by Gasteiger charge is -2.27. The predicted molar refractivity (Wildman–Crippen MR) is 115 cm³/mol. The molecule has 3 aromatic rings. The smallest absolute Gasteiger partial charge is 0.359 e. The topological polar surface area (TPSA) is 60.2 Å². The minimum atomic E-state index is -0.321. The number of carbonyl (C=O) groups is 1. The van der Waals surface area contributed by atoms with Crippen molar-refractivity contribution in [2.24, 2.45) is 0 Å². The Morgan fingerprint density at radius 2 is 1.97 bits per heavy atom. The average Bonchev–Trinajstić information content (AvgIpc) is 3.13. The first kappa shape index (κ1) is 20.3. The summed E-state index contributed by atoms with van der Waals surface area (Å²) in [6, 6.07) is 14.5. The monoisotopic (exact) mass is 404 g/mol. The fourth-order valence-corrected chi connectivity index (χ4v) is 4.06. The summed E-state index contributed by atoms with van der Waals surface area (Å²) in [7, 11) is 0. The van der Waals surface area contributed by atoms with Crippen molar-refractivity contribution < 1.29 is 9.53 Å². The van der Waals surface area contributed by atoms with Gasteiger partial charge in [-0.15, -0.1) is 0 Å². The van der Waals surface area contributed by atoms with Gasteiger partial charge in [0.25, 0.3) is 0 Å². The molecular formula is C24H28N4O2. The molecule has 6 nitrogen and oxygen atoms in total. The summed E-state index contributed by atoms with van der Waals surface area (Å²) in [5, 5.41) is 4.69. The second-order valence-corrected chi connectivity index (χ2v) is 7.63. The van der Waals surface area contributed by atoms with E-state index < -0.39 is 0 Å². The molecule has 0 saturated carbocycles. The lowest BCUT2D eigenvalue weighted by atomic mass is 10.0. The van der Waals surface area contributed by atoms with E-state index in [-0.39, 0.29) is 5.97 Å². The number of rotatable bonds is 8. The molecule has 0 fully saturated rings. The van der Waals surface area contributed by atoms with Crippen LogP contribution in [-0.4, -0.2) is 38.8 Å². The van der Waals surface area contributed by atoms with Crippen LogP contribution in [-0.2, 0) is 37.2 Å². The molecule has 6 heteroatoms. The molecule has 0 N–H and O–H groups in total. The zero-order valence-corrected chi connectivity index (χ0v) is 17.5. The van der Waals surface area contributed by atoms with Crippen molar-refractivity contribution in [2.75, 3.05) is 13.2 Å². The van der Waals surface area contributed by atoms with Crippen LogP contribution in [0.1, 0.15) is 46.2 Å². The zero-order chi connectivity index (χ0) is 20.8. The average molecular weight is 405 g/mol. The van der Waals surface area contributed by atoms with Gasteiger partial charge >= 0.3 is 5.97 Å². The highest BCUT2D eigenvalue weighted by Gasteiger charge is 2.28. The third kappa shape index (κ3) is 4.76. The molecule has 0 spiro atoms. The summed E-state index contributed by atoms with van der Waals surface area (Å²) in [4.78, 5) is 19.1. The van der Waals surface area contributed by atoms with E-state index in [0.717, 1.165) is 44.5 Å². The largest absolute Gasteiger partial charge is 0.461 e. The first-order valence-corrected chi connectivity index (χ1v) is 10.7. The molecule has 0 amide bonds. The summed E-state index contributed by atoms with van der Waals surface area (Å²) in [5.41, 5.74) is 5.17. The van der Waals surface area contributed by atoms with Gasteiger partial charge in [-0.25, -0.2) is 4.79 Å². The molecule has 0 unspecified atom stereocenters. The number of benzene rings is 1. The Labute approximate surface area is 177 Å². The molecule has 0 radical (unpaired) electrons. The lowest BCUT2D eigenvalue weighted by molar-refractivity contribution is 0.0515. The minimum Gasteiger partial charge on any atom is -0.461 e. The van der Waals surface area contributed by atoms with Crippen molar-refractivity contribution >= 4 is 5.97 Å². The van der Waals surface area contributed by atoms with Gasteiger partial charge in [0.2, 0.25) is 0 Å². The van der Waals surface area contributed by atoms with Crippen molar-refractivity contribution in [3.8, 4) is 0 Å². The zero-order valence-electron chi connectivity index (χ0n) is 17.5. The van der Waals surface area contributed by atoms with Crippen molar-refractivity contribution in [1.29, 1.82) is 0 Å². The molecular weight excluding hydrogens is 376 g/mol. The quantitative estimate of drug-likeness (QED) is 0.537. The Hall–Kier alpha value is -2.99. The minimum absolute atomic E-state index is 0.321. The van der Waals surface area contributed by atoms with E-state index in [4.69, 9.17) is 4.74 Å². The van der Waals surface area contributed by atoms with Crippen LogP contribution < -0.4 is 0 Å². The lowest BCUT2D eigenvalue weighted by Crippen LogP contribution is -2.31. The highest BCUT2D eigenvalue weighted by molar-refractivity contribution is 5.89. The summed E-state index contributed by atoms with van der Waals surface area (Å²) in [6.07, 6.45) is 6.55. The first-order chi connectivity index (χ1) is 14.7. The fourth-order valence-electron chi connectivity index (χ4n) is 4.06. The van der Waals surface area contributed by atoms with Crippen LogP contribution in [0.2, 0.25) is 0 Å². The van der Waals surface area contributed by atoms with Crippen molar-refractivity contribution in [3.05, 3.63) is 82.9 Å². The number of fused-ring (bicyclic) bond motifs is 1. The molecule has 1 aliphatic rings. The van der Waals surface area contributed by atoms with Crippen LogP contribution in [0.25, 0.3) is 0 Å². The van der Waals surface area contributed by atoms with Crippen LogP contribution in [0.15, 0.2) is 54.9 Å². The standard InChI is InChI=1S/C24H28N4O2/c1-2-30-24(29)23-21-18-27(17-20-10-6-13-25-16-20)15-12-22(21)28(26-23)14-7-11-19-8-4-3-5-9-19/h3-6,8-10,13,16H,2,7,11-12,14-15,17-18H2,1H3. The maximum absolute atomic E-state index is 12.6. The molecule has 30 heavy (non-hydrogen) atoms. The van der Waals surface area contributed by atoms with Crippen LogP contribution in [0.5, 0.6) is 0 Å². The van der Waals surface area contributed by atoms with Gasteiger partial charge in [0, 0.05) is 56.3 Å². The van der Waals surface area contributed by atoms with Crippen LogP contribution in [0.3, 0.4) is 0 Å². The molecule has 0 bridgehead atoms. The number of nitrogens with zero attached hydrogens (tertiary/aromatic N) is 4. The molecule has 0 atom stereocenters. The SMILES string of the molecule is CCOC(=O)c1nn(CCCc2ccccc2)c2c1CN(Cc1cccnc1)CC2. The van der Waals surface area contributed by atoms with Crippen LogP contribution in [0.4, 0.5) is 0 Å². The second kappa shape index (κ2) is 9.67. The number of pyridine rings is 1. The Bertz CT molecular complexity index is 970. The number of esters is 1. The van der Waals surface area contributed by atoms with Gasteiger partial charge in [0.1, 0.15) is 0 Å². The number of aromatic nitrogens is 3. The van der Waals surface area contributed by atoms with E-state index in [2.05, 4.69) is 45.3 Å². The Kier molecular flexibility index (Phi) is 6.54. The molecule has 0 aliphatic carbocycles. The van der Waals surface area contributed by atoms with Crippen LogP contribution in [0, 0.1) is 0 Å². The van der Waals surface area contributed by atoms with Crippen molar-refractivity contribution in [1.82, 2.24) is 19.7 Å². The van der Waals surface area contributed by atoms with Gasteiger partial charge in [-0.2, -0.15) is 5.10 Å². The molecule has 3 heterocycles. The van der Waals surface area contributed by atoms with Gasteiger partial charge < -0.3 is 4.74 Å². The number of carbonyl (C=O) groups excluding carboxylic acids is 1. The van der Waals surface area contributed by atoms with E-state index in [1.54, 1.807) is 6.20 Å². The van der Waals surface area contributed by atoms with E-state index in [1.807, 2.05) is 29.9 Å². The highest BCUT2D eigenvalue weighted by atomic mass is 16.5.